The summed E-state index contributed by atoms with van der Waals surface area (Å²) < 4.78 is 5.82. The van der Waals surface area contributed by atoms with Crippen molar-refractivity contribution in [3.8, 4) is 0 Å². The molecular formula is C40H79N3O4. The normalized spacial score (nSPS) is 14.3. The van der Waals surface area contributed by atoms with Crippen LogP contribution in [0.4, 0.5) is 0 Å². The molecule has 1 saturated carbocycles. The van der Waals surface area contributed by atoms with Crippen molar-refractivity contribution in [3.05, 3.63) is 0 Å². The average Bonchev–Trinajstić information content (AvgIpc) is 3.02. The lowest BCUT2D eigenvalue weighted by Crippen LogP contribution is -2.47. The van der Waals surface area contributed by atoms with Gasteiger partial charge in [0.2, 0.25) is 0 Å². The van der Waals surface area contributed by atoms with E-state index in [-0.39, 0.29) is 12.4 Å². The van der Waals surface area contributed by atoms with E-state index in [0.29, 0.717) is 18.9 Å². The standard InChI is InChI=1S/C40H79N3O4/c1-5-7-9-11-12-18-25-37(24-17-10-8-6-2)36-47-40(46)29-20-14-16-22-31-42(30-21-15-13-19-28-39(44)45)33-35-43(34-32-41(3)4)38-26-23-27-38/h37-38H,5-36H2,1-4H3,(H,44,45). The highest BCUT2D eigenvalue weighted by Gasteiger charge is 2.25. The Morgan fingerprint density at radius 2 is 1.15 bits per heavy atom. The molecule has 0 saturated heterocycles. The second-order valence-corrected chi connectivity index (χ2v) is 14.9. The molecular weight excluding hydrogens is 586 g/mol. The molecule has 1 aliphatic carbocycles. The van der Waals surface area contributed by atoms with Gasteiger partial charge in [-0.05, 0) is 84.5 Å². The van der Waals surface area contributed by atoms with Crippen molar-refractivity contribution >= 4 is 11.9 Å². The molecule has 0 bridgehead atoms. The number of likely N-dealkylation sites (N-methyl/N-ethyl adjacent to an activating group) is 1. The van der Waals surface area contributed by atoms with Crippen molar-refractivity contribution in [3.63, 3.8) is 0 Å². The van der Waals surface area contributed by atoms with Crippen LogP contribution in [-0.2, 0) is 14.3 Å². The van der Waals surface area contributed by atoms with E-state index in [1.54, 1.807) is 0 Å². The number of esters is 1. The van der Waals surface area contributed by atoms with Crippen molar-refractivity contribution in [2.75, 3.05) is 60.0 Å². The van der Waals surface area contributed by atoms with Crippen LogP contribution in [0.25, 0.3) is 0 Å². The highest BCUT2D eigenvalue weighted by atomic mass is 16.5. The molecule has 0 aromatic rings. The molecule has 1 fully saturated rings. The molecule has 1 rings (SSSR count). The van der Waals surface area contributed by atoms with Gasteiger partial charge in [-0.15, -0.1) is 0 Å². The molecule has 0 aromatic carbocycles. The van der Waals surface area contributed by atoms with Gasteiger partial charge in [-0.3, -0.25) is 14.5 Å². The molecule has 0 spiro atoms. The molecule has 278 valence electrons. The quantitative estimate of drug-likeness (QED) is 0.0534. The predicted molar refractivity (Wildman–Crippen MR) is 199 cm³/mol. The summed E-state index contributed by atoms with van der Waals surface area (Å²) in [5, 5.41) is 8.92. The molecule has 1 aliphatic rings. The molecule has 0 heterocycles. The van der Waals surface area contributed by atoms with Crippen LogP contribution in [0, 0.1) is 5.92 Å². The topological polar surface area (TPSA) is 73.3 Å². The maximum atomic E-state index is 12.6. The van der Waals surface area contributed by atoms with Crippen LogP contribution in [0.15, 0.2) is 0 Å². The third-order valence-corrected chi connectivity index (χ3v) is 10.3. The Bertz CT molecular complexity index is 730. The van der Waals surface area contributed by atoms with Crippen LogP contribution in [0.3, 0.4) is 0 Å². The van der Waals surface area contributed by atoms with E-state index in [9.17, 15) is 9.59 Å². The van der Waals surface area contributed by atoms with Crippen LogP contribution < -0.4 is 0 Å². The zero-order chi connectivity index (χ0) is 34.4. The molecule has 0 radical (unpaired) electrons. The summed E-state index contributed by atoms with van der Waals surface area (Å²) in [6.45, 7) is 11.9. The number of hydrogen-bond acceptors (Lipinski definition) is 6. The zero-order valence-electron chi connectivity index (χ0n) is 31.8. The smallest absolute Gasteiger partial charge is 0.305 e. The molecule has 7 heteroatoms. The van der Waals surface area contributed by atoms with E-state index in [1.807, 2.05) is 0 Å². The van der Waals surface area contributed by atoms with Crippen LogP contribution >= 0.6 is 0 Å². The summed E-state index contributed by atoms with van der Waals surface area (Å²) >= 11 is 0. The van der Waals surface area contributed by atoms with E-state index < -0.39 is 5.97 Å². The van der Waals surface area contributed by atoms with Gasteiger partial charge in [0, 0.05) is 45.1 Å². The monoisotopic (exact) mass is 666 g/mol. The maximum absolute atomic E-state index is 12.6. The summed E-state index contributed by atoms with van der Waals surface area (Å²) in [4.78, 5) is 31.1. The van der Waals surface area contributed by atoms with Crippen LogP contribution in [0.1, 0.15) is 174 Å². The van der Waals surface area contributed by atoms with Crippen molar-refractivity contribution in [1.82, 2.24) is 14.7 Å². The van der Waals surface area contributed by atoms with Gasteiger partial charge in [0.15, 0.2) is 0 Å². The Morgan fingerprint density at radius 3 is 1.70 bits per heavy atom. The molecule has 1 atom stereocenters. The summed E-state index contributed by atoms with van der Waals surface area (Å²) in [6.07, 6.45) is 28.8. The number of ether oxygens (including phenoxy) is 1. The minimum Gasteiger partial charge on any atom is -0.481 e. The van der Waals surface area contributed by atoms with Crippen LogP contribution in [0.5, 0.6) is 0 Å². The summed E-state index contributed by atoms with van der Waals surface area (Å²) in [5.41, 5.74) is 0. The zero-order valence-corrected chi connectivity index (χ0v) is 31.8. The number of carboxylic acid groups (broad SMARTS) is 1. The number of carboxylic acids is 1. The van der Waals surface area contributed by atoms with E-state index in [2.05, 4.69) is 42.6 Å². The second-order valence-electron chi connectivity index (χ2n) is 14.9. The first-order valence-electron chi connectivity index (χ1n) is 20.3. The molecule has 1 N–H and O–H groups in total. The summed E-state index contributed by atoms with van der Waals surface area (Å²) in [5.74, 6) is -0.141. The highest BCUT2D eigenvalue weighted by Crippen LogP contribution is 2.24. The minimum atomic E-state index is -0.681. The molecule has 7 nitrogen and oxygen atoms in total. The minimum absolute atomic E-state index is 0.00448. The number of hydrogen-bond donors (Lipinski definition) is 1. The van der Waals surface area contributed by atoms with Crippen molar-refractivity contribution in [2.45, 2.75) is 180 Å². The van der Waals surface area contributed by atoms with E-state index in [0.717, 1.165) is 90.3 Å². The lowest BCUT2D eigenvalue weighted by molar-refractivity contribution is -0.145. The van der Waals surface area contributed by atoms with Gasteiger partial charge in [0.1, 0.15) is 0 Å². The number of aliphatic carboxylic acids is 1. The molecule has 1 unspecified atom stereocenters. The third kappa shape index (κ3) is 26.4. The molecule has 0 aliphatic heterocycles. The highest BCUT2D eigenvalue weighted by molar-refractivity contribution is 5.69. The van der Waals surface area contributed by atoms with Gasteiger partial charge in [0.25, 0.3) is 0 Å². The molecule has 47 heavy (non-hydrogen) atoms. The number of unbranched alkanes of at least 4 members (excludes halogenated alkanes) is 14. The first-order valence-corrected chi connectivity index (χ1v) is 20.3. The van der Waals surface area contributed by atoms with Gasteiger partial charge in [-0.25, -0.2) is 0 Å². The number of carbonyl (C=O) groups is 2. The lowest BCUT2D eigenvalue weighted by Gasteiger charge is -2.39. The van der Waals surface area contributed by atoms with Gasteiger partial charge >= 0.3 is 11.9 Å². The first kappa shape index (κ1) is 43.8. The molecule has 0 amide bonds. The van der Waals surface area contributed by atoms with Crippen molar-refractivity contribution < 1.29 is 19.4 Å². The number of carbonyl (C=O) groups excluding carboxylic acids is 1. The summed E-state index contributed by atoms with van der Waals surface area (Å²) in [7, 11) is 4.33. The number of nitrogens with zero attached hydrogens (tertiary/aromatic N) is 3. The fraction of sp³-hybridized carbons (Fsp3) is 0.950. The third-order valence-electron chi connectivity index (χ3n) is 10.3. The predicted octanol–water partition coefficient (Wildman–Crippen LogP) is 9.57. The Balaban J connectivity index is 2.37. The Kier molecular flexibility index (Phi) is 28.8. The lowest BCUT2D eigenvalue weighted by atomic mass is 9.91. The Morgan fingerprint density at radius 1 is 0.638 bits per heavy atom. The van der Waals surface area contributed by atoms with Gasteiger partial charge in [-0.2, -0.15) is 0 Å². The summed E-state index contributed by atoms with van der Waals surface area (Å²) in [6, 6.07) is 0.763. The van der Waals surface area contributed by atoms with E-state index >= 15 is 0 Å². The maximum Gasteiger partial charge on any atom is 0.305 e. The number of rotatable bonds is 35. The fourth-order valence-corrected chi connectivity index (χ4v) is 6.75. The van der Waals surface area contributed by atoms with Gasteiger partial charge in [0.05, 0.1) is 6.61 Å². The second kappa shape index (κ2) is 30.8. The largest absolute Gasteiger partial charge is 0.481 e. The van der Waals surface area contributed by atoms with Crippen LogP contribution in [-0.4, -0.2) is 97.8 Å². The fourth-order valence-electron chi connectivity index (χ4n) is 6.75. The average molecular weight is 666 g/mol. The van der Waals surface area contributed by atoms with Crippen LogP contribution in [0.2, 0.25) is 0 Å². The van der Waals surface area contributed by atoms with Crippen molar-refractivity contribution in [2.24, 2.45) is 5.92 Å². The SMILES string of the molecule is CCCCCCCCC(CCCCCC)COC(=O)CCCCCCN(CCCCCCC(=O)O)CCN(CCN(C)C)C1CCC1. The van der Waals surface area contributed by atoms with Crippen molar-refractivity contribution in [1.29, 1.82) is 0 Å². The van der Waals surface area contributed by atoms with Gasteiger partial charge < -0.3 is 19.6 Å². The molecule has 0 aromatic heterocycles. The first-order chi connectivity index (χ1) is 22.8. The van der Waals surface area contributed by atoms with E-state index in [1.165, 1.54) is 103 Å². The van der Waals surface area contributed by atoms with E-state index in [4.69, 9.17) is 9.84 Å². The Hall–Kier alpha value is -1.18. The Labute approximate surface area is 291 Å². The van der Waals surface area contributed by atoms with Gasteiger partial charge in [-0.1, -0.05) is 110 Å².